The van der Waals surface area contributed by atoms with Crippen LogP contribution in [0, 0.1) is 0 Å². The quantitative estimate of drug-likeness (QED) is 0.498. The highest BCUT2D eigenvalue weighted by Gasteiger charge is 2.16. The van der Waals surface area contributed by atoms with E-state index in [1.54, 1.807) is 24.3 Å². The highest BCUT2D eigenvalue weighted by atomic mass is 32.2. The number of sulfonamides is 1. The molecule has 3 aromatic rings. The van der Waals surface area contributed by atoms with Gasteiger partial charge >= 0.3 is 0 Å². The van der Waals surface area contributed by atoms with Gasteiger partial charge in [0.25, 0.3) is 5.91 Å². The van der Waals surface area contributed by atoms with Crippen molar-refractivity contribution in [2.75, 3.05) is 11.9 Å². The molecule has 3 rings (SSSR count). The summed E-state index contributed by atoms with van der Waals surface area (Å²) in [6, 6.07) is 19.6. The summed E-state index contributed by atoms with van der Waals surface area (Å²) in [4.78, 5) is 12.3. The van der Waals surface area contributed by atoms with E-state index in [0.29, 0.717) is 11.4 Å². The highest BCUT2D eigenvalue weighted by molar-refractivity contribution is 7.89. The van der Waals surface area contributed by atoms with Crippen LogP contribution in [0.15, 0.2) is 82.3 Å². The van der Waals surface area contributed by atoms with Gasteiger partial charge in [0.1, 0.15) is 11.8 Å². The maximum absolute atomic E-state index is 12.5. The van der Waals surface area contributed by atoms with Gasteiger partial charge in [0.2, 0.25) is 10.0 Å². The second-order valence-corrected chi connectivity index (χ2v) is 8.39. The summed E-state index contributed by atoms with van der Waals surface area (Å²) in [5.74, 6) is 0.312. The Hall–Kier alpha value is -2.94. The molecule has 8 heteroatoms. The molecule has 0 saturated carbocycles. The fraction of sp³-hybridized carbons (Fsp3) is 0.190. The molecule has 4 N–H and O–H groups in total. The lowest BCUT2D eigenvalue weighted by atomic mass is 10.1. The van der Waals surface area contributed by atoms with Gasteiger partial charge in [-0.05, 0) is 37.3 Å². The molecule has 2 aromatic carbocycles. The van der Waals surface area contributed by atoms with Gasteiger partial charge in [0.15, 0.2) is 6.54 Å². The van der Waals surface area contributed by atoms with Crippen molar-refractivity contribution in [2.24, 2.45) is 0 Å². The Morgan fingerprint density at radius 3 is 2.59 bits per heavy atom. The Morgan fingerprint density at radius 1 is 1.07 bits per heavy atom. The Morgan fingerprint density at radius 2 is 1.86 bits per heavy atom. The Labute approximate surface area is 170 Å². The van der Waals surface area contributed by atoms with Crippen molar-refractivity contribution in [3.05, 3.63) is 84.3 Å². The van der Waals surface area contributed by atoms with Crippen LogP contribution in [0.2, 0.25) is 0 Å². The summed E-state index contributed by atoms with van der Waals surface area (Å²) >= 11 is 0. The number of carbonyl (C=O) groups is 1. The topological polar surface area (TPSA) is 105 Å². The van der Waals surface area contributed by atoms with E-state index in [0.717, 1.165) is 5.56 Å². The molecule has 0 fully saturated rings. The molecule has 1 amide bonds. The molecule has 29 heavy (non-hydrogen) atoms. The van der Waals surface area contributed by atoms with Gasteiger partial charge in [-0.1, -0.05) is 36.4 Å². The Kier molecular flexibility index (Phi) is 6.82. The van der Waals surface area contributed by atoms with E-state index < -0.39 is 10.0 Å². The summed E-state index contributed by atoms with van der Waals surface area (Å²) in [6.45, 7) is 2.31. The van der Waals surface area contributed by atoms with E-state index in [4.69, 9.17) is 4.42 Å². The van der Waals surface area contributed by atoms with Gasteiger partial charge in [-0.25, -0.2) is 13.1 Å². The molecule has 0 unspecified atom stereocenters. The average molecular weight is 415 g/mol. The molecule has 0 radical (unpaired) electrons. The predicted octanol–water partition coefficient (Wildman–Crippen LogP) is 2.02. The van der Waals surface area contributed by atoms with Crippen LogP contribution >= 0.6 is 0 Å². The van der Waals surface area contributed by atoms with Gasteiger partial charge in [0.05, 0.1) is 17.7 Å². The summed E-state index contributed by atoms with van der Waals surface area (Å²) < 4.78 is 32.5. The molecule has 1 heterocycles. The lowest BCUT2D eigenvalue weighted by Crippen LogP contribution is -2.86. The van der Waals surface area contributed by atoms with Crippen LogP contribution in [0.25, 0.3) is 0 Å². The lowest BCUT2D eigenvalue weighted by Gasteiger charge is -2.12. The van der Waals surface area contributed by atoms with Crippen LogP contribution in [0.3, 0.4) is 0 Å². The van der Waals surface area contributed by atoms with Gasteiger partial charge in [0, 0.05) is 11.3 Å². The van der Waals surface area contributed by atoms with Gasteiger partial charge in [-0.2, -0.15) is 0 Å². The first-order valence-electron chi connectivity index (χ1n) is 9.24. The number of carbonyl (C=O) groups excluding carboxylic acids is 1. The third-order valence-corrected chi connectivity index (χ3v) is 5.83. The van der Waals surface area contributed by atoms with E-state index in [-0.39, 0.29) is 29.9 Å². The monoisotopic (exact) mass is 414 g/mol. The maximum atomic E-state index is 12.5. The number of nitrogens with two attached hydrogens (primary N) is 1. The normalized spacial score (nSPS) is 12.4. The third kappa shape index (κ3) is 6.02. The van der Waals surface area contributed by atoms with Crippen molar-refractivity contribution in [1.29, 1.82) is 0 Å². The van der Waals surface area contributed by atoms with E-state index in [2.05, 4.69) is 10.0 Å². The van der Waals surface area contributed by atoms with Gasteiger partial charge in [-0.3, -0.25) is 4.79 Å². The molecule has 0 aliphatic carbocycles. The van der Waals surface area contributed by atoms with Crippen LogP contribution < -0.4 is 15.4 Å². The first-order chi connectivity index (χ1) is 13.9. The molecule has 0 bridgehead atoms. The first kappa shape index (κ1) is 20.8. The summed E-state index contributed by atoms with van der Waals surface area (Å²) in [5.41, 5.74) is 1.56. The Balaban J connectivity index is 1.56. The summed E-state index contributed by atoms with van der Waals surface area (Å²) in [6.07, 6.45) is 1.48. The van der Waals surface area contributed by atoms with Crippen LogP contribution in [0.4, 0.5) is 5.69 Å². The number of nitrogens with one attached hydrogen (secondary N) is 2. The predicted molar refractivity (Wildman–Crippen MR) is 109 cm³/mol. The number of furan rings is 1. The third-order valence-electron chi connectivity index (χ3n) is 4.43. The van der Waals surface area contributed by atoms with Gasteiger partial charge < -0.3 is 15.1 Å². The lowest BCUT2D eigenvalue weighted by molar-refractivity contribution is -0.682. The van der Waals surface area contributed by atoms with Crippen molar-refractivity contribution in [2.45, 2.75) is 24.4 Å². The maximum Gasteiger partial charge on any atom is 0.279 e. The molecule has 0 aliphatic rings. The first-order valence-corrected chi connectivity index (χ1v) is 10.7. The zero-order valence-electron chi connectivity index (χ0n) is 16.0. The minimum absolute atomic E-state index is 0.0538. The molecule has 0 aliphatic heterocycles. The van der Waals surface area contributed by atoms with Crippen LogP contribution in [-0.4, -0.2) is 20.9 Å². The van der Waals surface area contributed by atoms with E-state index >= 15 is 0 Å². The van der Waals surface area contributed by atoms with Crippen LogP contribution in [0.1, 0.15) is 24.3 Å². The number of anilines is 1. The van der Waals surface area contributed by atoms with Crippen molar-refractivity contribution in [3.8, 4) is 0 Å². The highest BCUT2D eigenvalue weighted by Crippen LogP contribution is 2.16. The number of amides is 1. The molecular formula is C21H24N3O4S+. The zero-order valence-corrected chi connectivity index (χ0v) is 16.9. The van der Waals surface area contributed by atoms with E-state index in [9.17, 15) is 13.2 Å². The minimum Gasteiger partial charge on any atom is -0.468 e. The number of benzene rings is 2. The summed E-state index contributed by atoms with van der Waals surface area (Å²) in [7, 11) is -3.73. The Bertz CT molecular complexity index is 1030. The van der Waals surface area contributed by atoms with Crippen LogP contribution in [-0.2, 0) is 21.4 Å². The molecule has 1 aromatic heterocycles. The summed E-state index contributed by atoms with van der Waals surface area (Å²) in [5, 5.41) is 4.68. The van der Waals surface area contributed by atoms with Gasteiger partial charge in [-0.15, -0.1) is 0 Å². The van der Waals surface area contributed by atoms with Crippen LogP contribution in [0.5, 0.6) is 0 Å². The number of hydrogen-bond acceptors (Lipinski definition) is 4. The van der Waals surface area contributed by atoms with Crippen molar-refractivity contribution in [1.82, 2.24) is 4.72 Å². The van der Waals surface area contributed by atoms with Crippen molar-refractivity contribution in [3.63, 3.8) is 0 Å². The van der Waals surface area contributed by atoms with Crippen molar-refractivity contribution >= 4 is 21.6 Å². The number of rotatable bonds is 9. The fourth-order valence-electron chi connectivity index (χ4n) is 2.79. The van der Waals surface area contributed by atoms with Crippen molar-refractivity contribution < 1.29 is 22.9 Å². The van der Waals surface area contributed by atoms with E-state index in [1.165, 1.54) is 18.4 Å². The molecule has 0 spiro atoms. The smallest absolute Gasteiger partial charge is 0.279 e. The standard InChI is InChI=1S/C21H23N3O4S/c1-16(17-7-3-2-4-8-17)22-15-21(25)24-18-9-5-11-20(13-18)29(26,27)23-14-19-10-6-12-28-19/h2-13,16,22-23H,14-15H2,1H3,(H,24,25)/p+1/t16-/m1/s1. The molecule has 152 valence electrons. The van der Waals surface area contributed by atoms with E-state index in [1.807, 2.05) is 42.6 Å². The second kappa shape index (κ2) is 9.51. The SMILES string of the molecule is C[C@@H]([NH2+]CC(=O)Nc1cccc(S(=O)(=O)NCc2ccco2)c1)c1ccccc1. The average Bonchev–Trinajstić information content (AvgIpc) is 3.25. The molecule has 0 saturated heterocycles. The second-order valence-electron chi connectivity index (χ2n) is 6.62. The zero-order chi connectivity index (χ0) is 20.7. The molecular weight excluding hydrogens is 390 g/mol. The number of quaternary nitrogens is 1. The number of hydrogen-bond donors (Lipinski definition) is 3. The molecule has 7 nitrogen and oxygen atoms in total. The fourth-order valence-corrected chi connectivity index (χ4v) is 3.83. The largest absolute Gasteiger partial charge is 0.468 e. The minimum atomic E-state index is -3.73. The molecule has 1 atom stereocenters.